The van der Waals surface area contributed by atoms with Gasteiger partial charge in [-0.1, -0.05) is 41.5 Å². The van der Waals surface area contributed by atoms with Gasteiger partial charge in [0.25, 0.3) is 0 Å². The number of halogens is 2. The largest absolute Gasteiger partial charge is 0.483 e. The fraction of sp³-hybridized carbons (Fsp3) is 0.318. The smallest absolute Gasteiger partial charge is 0.234 e. The molecule has 31 heavy (non-hydrogen) atoms. The van der Waals surface area contributed by atoms with Gasteiger partial charge in [0.05, 0.1) is 5.75 Å². The predicted octanol–water partition coefficient (Wildman–Crippen LogP) is 5.71. The number of anilines is 1. The summed E-state index contributed by atoms with van der Waals surface area (Å²) in [7, 11) is 0. The summed E-state index contributed by atoms with van der Waals surface area (Å²) in [6.07, 6.45) is -0.386. The highest BCUT2D eigenvalue weighted by Gasteiger charge is 2.21. The number of benzene rings is 2. The molecule has 1 aromatic heterocycles. The van der Waals surface area contributed by atoms with Crippen molar-refractivity contribution in [3.05, 3.63) is 64.6 Å². The molecule has 0 saturated heterocycles. The predicted molar refractivity (Wildman–Crippen MR) is 124 cm³/mol. The van der Waals surface area contributed by atoms with Crippen molar-refractivity contribution in [3.8, 4) is 5.75 Å². The highest BCUT2D eigenvalue weighted by atomic mass is 79.9. The summed E-state index contributed by atoms with van der Waals surface area (Å²) in [6.45, 7) is 6.77. The van der Waals surface area contributed by atoms with Crippen molar-refractivity contribution < 1.29 is 13.9 Å². The molecule has 3 aromatic rings. The second-order valence-electron chi connectivity index (χ2n) is 7.40. The first-order valence-electron chi connectivity index (χ1n) is 9.85. The van der Waals surface area contributed by atoms with Crippen molar-refractivity contribution in [2.45, 2.75) is 38.6 Å². The lowest BCUT2D eigenvalue weighted by atomic mass is 10.2. The number of hydrogen-bond donors (Lipinski definition) is 1. The molecule has 3 rings (SSSR count). The summed E-state index contributed by atoms with van der Waals surface area (Å²) in [5, 5.41) is 12.1. The van der Waals surface area contributed by atoms with Gasteiger partial charge < -0.3 is 14.6 Å². The van der Waals surface area contributed by atoms with E-state index in [-0.39, 0.29) is 23.6 Å². The summed E-state index contributed by atoms with van der Waals surface area (Å²) < 4.78 is 22.0. The Bertz CT molecular complexity index is 1010. The fourth-order valence-corrected chi connectivity index (χ4v) is 3.89. The zero-order valence-corrected chi connectivity index (χ0v) is 19.9. The summed E-state index contributed by atoms with van der Waals surface area (Å²) in [5.74, 6) is 1.33. The van der Waals surface area contributed by atoms with Gasteiger partial charge in [-0.3, -0.25) is 4.79 Å². The Labute approximate surface area is 193 Å². The van der Waals surface area contributed by atoms with Crippen LogP contribution in [0.25, 0.3) is 0 Å². The Morgan fingerprint density at radius 2 is 1.81 bits per heavy atom. The number of carbonyl (C=O) groups excluding carboxylic acids is 1. The minimum atomic E-state index is -0.386. The van der Waals surface area contributed by atoms with Crippen LogP contribution in [0.1, 0.15) is 32.7 Å². The maximum atomic E-state index is 13.1. The molecular formula is C22H24BrFN4O2S. The van der Waals surface area contributed by atoms with E-state index in [1.54, 1.807) is 12.1 Å². The summed E-state index contributed by atoms with van der Waals surface area (Å²) >= 11 is 4.71. The lowest BCUT2D eigenvalue weighted by Gasteiger charge is -2.17. The van der Waals surface area contributed by atoms with Crippen molar-refractivity contribution in [1.82, 2.24) is 14.8 Å². The maximum absolute atomic E-state index is 13.1. The van der Waals surface area contributed by atoms with Crippen LogP contribution in [0.5, 0.6) is 5.75 Å². The minimum Gasteiger partial charge on any atom is -0.483 e. The molecule has 0 aliphatic carbocycles. The van der Waals surface area contributed by atoms with Crippen LogP contribution in [-0.4, -0.2) is 26.4 Å². The van der Waals surface area contributed by atoms with Crippen LogP contribution >= 0.6 is 27.7 Å². The van der Waals surface area contributed by atoms with E-state index in [4.69, 9.17) is 4.74 Å². The van der Waals surface area contributed by atoms with E-state index >= 15 is 0 Å². The Kier molecular flexibility index (Phi) is 8.09. The Balaban J connectivity index is 1.68. The number of nitrogens with zero attached hydrogens (tertiary/aromatic N) is 3. The van der Waals surface area contributed by atoms with Crippen molar-refractivity contribution in [3.63, 3.8) is 0 Å². The number of nitrogens with one attached hydrogen (secondary N) is 1. The highest BCUT2D eigenvalue weighted by Crippen LogP contribution is 2.26. The average Bonchev–Trinajstić information content (AvgIpc) is 3.12. The van der Waals surface area contributed by atoms with Gasteiger partial charge in [0.15, 0.2) is 17.1 Å². The molecule has 0 fully saturated rings. The summed E-state index contributed by atoms with van der Waals surface area (Å²) in [4.78, 5) is 12.4. The van der Waals surface area contributed by atoms with Crippen molar-refractivity contribution >= 4 is 39.3 Å². The van der Waals surface area contributed by atoms with E-state index in [0.717, 1.165) is 10.2 Å². The first-order chi connectivity index (χ1) is 14.8. The van der Waals surface area contributed by atoms with Crippen LogP contribution in [0, 0.1) is 11.7 Å². The molecule has 2 aromatic carbocycles. The zero-order chi connectivity index (χ0) is 22.4. The molecule has 1 heterocycles. The molecule has 0 radical (unpaired) electrons. The average molecular weight is 507 g/mol. The van der Waals surface area contributed by atoms with Crippen LogP contribution in [0.15, 0.2) is 58.2 Å². The first-order valence-corrected chi connectivity index (χ1v) is 11.6. The van der Waals surface area contributed by atoms with Gasteiger partial charge in [-0.25, -0.2) is 4.39 Å². The SMILES string of the molecule is CC(C)Cn1c(SCC(=O)Nc2ccc(Br)cc2)nnc1C(C)Oc1ccc(F)cc1. The van der Waals surface area contributed by atoms with Crippen LogP contribution < -0.4 is 10.1 Å². The molecule has 0 aliphatic heterocycles. The van der Waals surface area contributed by atoms with Crippen molar-refractivity contribution in [2.24, 2.45) is 5.92 Å². The number of amides is 1. The molecule has 0 saturated carbocycles. The van der Waals surface area contributed by atoms with Crippen LogP contribution in [0.4, 0.5) is 10.1 Å². The Morgan fingerprint density at radius 3 is 2.45 bits per heavy atom. The first kappa shape index (κ1) is 23.3. The van der Waals surface area contributed by atoms with E-state index in [9.17, 15) is 9.18 Å². The number of thioether (sulfide) groups is 1. The minimum absolute atomic E-state index is 0.122. The van der Waals surface area contributed by atoms with E-state index in [1.807, 2.05) is 35.8 Å². The monoisotopic (exact) mass is 506 g/mol. The third-order valence-corrected chi connectivity index (χ3v) is 5.74. The number of ether oxygens (including phenoxy) is 1. The molecule has 6 nitrogen and oxygen atoms in total. The molecule has 9 heteroatoms. The maximum Gasteiger partial charge on any atom is 0.234 e. The second kappa shape index (κ2) is 10.8. The molecule has 164 valence electrons. The van der Waals surface area contributed by atoms with E-state index in [0.29, 0.717) is 29.2 Å². The number of rotatable bonds is 9. The standard InChI is InChI=1S/C22H24BrFN4O2S/c1-14(2)12-28-21(15(3)30-19-10-6-17(24)7-11-19)26-27-22(28)31-13-20(29)25-18-8-4-16(23)5-9-18/h4-11,14-15H,12-13H2,1-3H3,(H,25,29). The second-order valence-corrected chi connectivity index (χ2v) is 9.26. The summed E-state index contributed by atoms with van der Waals surface area (Å²) in [5.41, 5.74) is 0.736. The Morgan fingerprint density at radius 1 is 1.13 bits per heavy atom. The third-order valence-electron chi connectivity index (χ3n) is 4.24. The number of aromatic nitrogens is 3. The lowest BCUT2D eigenvalue weighted by Crippen LogP contribution is -2.17. The molecule has 0 spiro atoms. The van der Waals surface area contributed by atoms with Gasteiger partial charge in [-0.15, -0.1) is 10.2 Å². The molecule has 0 aliphatic rings. The molecule has 1 N–H and O–H groups in total. The van der Waals surface area contributed by atoms with E-state index < -0.39 is 0 Å². The molecule has 1 unspecified atom stereocenters. The number of carbonyl (C=O) groups is 1. The fourth-order valence-electron chi connectivity index (χ4n) is 2.87. The quantitative estimate of drug-likeness (QED) is 0.376. The van der Waals surface area contributed by atoms with Gasteiger partial charge in [0.2, 0.25) is 5.91 Å². The normalized spacial score (nSPS) is 12.1. The van der Waals surface area contributed by atoms with Gasteiger partial charge in [-0.05, 0) is 61.4 Å². The van der Waals surface area contributed by atoms with Gasteiger partial charge in [-0.2, -0.15) is 0 Å². The Hall–Kier alpha value is -2.39. The van der Waals surface area contributed by atoms with Crippen molar-refractivity contribution in [1.29, 1.82) is 0 Å². The van der Waals surface area contributed by atoms with Crippen LogP contribution in [-0.2, 0) is 11.3 Å². The topological polar surface area (TPSA) is 69.0 Å². The van der Waals surface area contributed by atoms with E-state index in [2.05, 4.69) is 45.3 Å². The molecule has 1 amide bonds. The van der Waals surface area contributed by atoms with Crippen LogP contribution in [0.3, 0.4) is 0 Å². The highest BCUT2D eigenvalue weighted by molar-refractivity contribution is 9.10. The zero-order valence-electron chi connectivity index (χ0n) is 17.5. The molecule has 0 bridgehead atoms. The third kappa shape index (κ3) is 6.80. The van der Waals surface area contributed by atoms with E-state index in [1.165, 1.54) is 23.9 Å². The van der Waals surface area contributed by atoms with Gasteiger partial charge in [0.1, 0.15) is 11.6 Å². The summed E-state index contributed by atoms with van der Waals surface area (Å²) in [6, 6.07) is 13.3. The van der Waals surface area contributed by atoms with Crippen LogP contribution in [0.2, 0.25) is 0 Å². The number of hydrogen-bond acceptors (Lipinski definition) is 5. The molecule has 1 atom stereocenters. The van der Waals surface area contributed by atoms with Gasteiger partial charge in [0, 0.05) is 16.7 Å². The van der Waals surface area contributed by atoms with Gasteiger partial charge >= 0.3 is 0 Å². The lowest BCUT2D eigenvalue weighted by molar-refractivity contribution is -0.113. The molecular weight excluding hydrogens is 483 g/mol. The van der Waals surface area contributed by atoms with Crippen molar-refractivity contribution in [2.75, 3.05) is 11.1 Å².